The fourth-order valence-corrected chi connectivity index (χ4v) is 1.87. The summed E-state index contributed by atoms with van der Waals surface area (Å²) in [7, 11) is 1.59. The van der Waals surface area contributed by atoms with E-state index in [-0.39, 0.29) is 6.42 Å². The highest BCUT2D eigenvalue weighted by Gasteiger charge is 2.09. The van der Waals surface area contributed by atoms with E-state index in [1.165, 1.54) is 0 Å². The van der Waals surface area contributed by atoms with Gasteiger partial charge < -0.3 is 10.5 Å². The molecule has 0 heterocycles. The smallest absolute Gasteiger partial charge is 0.223 e. The molecule has 0 aliphatic heterocycles. The van der Waals surface area contributed by atoms with Gasteiger partial charge in [-0.25, -0.2) is 4.99 Å². The molecule has 0 aliphatic carbocycles. The Morgan fingerprint density at radius 3 is 2.40 bits per heavy atom. The van der Waals surface area contributed by atoms with Crippen LogP contribution < -0.4 is 10.5 Å². The predicted molar refractivity (Wildman–Crippen MR) is 79.4 cm³/mol. The lowest BCUT2D eigenvalue weighted by Crippen LogP contribution is -2.16. The van der Waals surface area contributed by atoms with Crippen LogP contribution in [-0.2, 0) is 4.79 Å². The van der Waals surface area contributed by atoms with E-state index in [0.29, 0.717) is 17.1 Å². The highest BCUT2D eigenvalue weighted by molar-refractivity contribution is 6.11. The topological polar surface area (TPSA) is 64.7 Å². The van der Waals surface area contributed by atoms with Gasteiger partial charge in [-0.1, -0.05) is 42.5 Å². The molecule has 4 heteroatoms. The van der Waals surface area contributed by atoms with Crippen LogP contribution in [-0.4, -0.2) is 18.7 Å². The SMILES string of the molecule is COc1ccccc1N=C(CC(N)=O)c1ccccc1. The molecule has 0 spiro atoms. The molecule has 0 aromatic heterocycles. The number of nitrogens with two attached hydrogens (primary N) is 1. The molecule has 102 valence electrons. The molecule has 0 unspecified atom stereocenters. The number of benzene rings is 2. The van der Waals surface area contributed by atoms with Gasteiger partial charge in [0, 0.05) is 0 Å². The molecule has 2 aromatic rings. The molecule has 2 rings (SSSR count). The number of nitrogens with zero attached hydrogens (tertiary/aromatic N) is 1. The summed E-state index contributed by atoms with van der Waals surface area (Å²) in [6, 6.07) is 16.9. The van der Waals surface area contributed by atoms with Crippen molar-refractivity contribution in [2.75, 3.05) is 7.11 Å². The third kappa shape index (κ3) is 3.45. The number of hydrogen-bond acceptors (Lipinski definition) is 3. The fraction of sp³-hybridized carbons (Fsp3) is 0.125. The molecule has 4 nitrogen and oxygen atoms in total. The Kier molecular flexibility index (Phi) is 4.50. The summed E-state index contributed by atoms with van der Waals surface area (Å²) in [5.74, 6) is 0.243. The van der Waals surface area contributed by atoms with Gasteiger partial charge in [0.05, 0.1) is 19.2 Å². The molecule has 0 aliphatic rings. The Labute approximate surface area is 117 Å². The number of para-hydroxylation sites is 2. The number of carbonyl (C=O) groups is 1. The van der Waals surface area contributed by atoms with Crippen LogP contribution in [0.15, 0.2) is 59.6 Å². The Balaban J connectivity index is 2.45. The summed E-state index contributed by atoms with van der Waals surface area (Å²) < 4.78 is 5.26. The van der Waals surface area contributed by atoms with Crippen LogP contribution in [0, 0.1) is 0 Å². The van der Waals surface area contributed by atoms with Crippen molar-refractivity contribution in [2.45, 2.75) is 6.42 Å². The number of carbonyl (C=O) groups excluding carboxylic acids is 1. The van der Waals surface area contributed by atoms with E-state index in [4.69, 9.17) is 10.5 Å². The van der Waals surface area contributed by atoms with E-state index in [9.17, 15) is 4.79 Å². The Bertz CT molecular complexity index is 621. The first-order valence-electron chi connectivity index (χ1n) is 6.25. The van der Waals surface area contributed by atoms with Gasteiger partial charge in [-0.2, -0.15) is 0 Å². The van der Waals surface area contributed by atoms with Crippen LogP contribution in [0.1, 0.15) is 12.0 Å². The van der Waals surface area contributed by atoms with Crippen molar-refractivity contribution >= 4 is 17.3 Å². The van der Waals surface area contributed by atoms with Crippen molar-refractivity contribution in [1.29, 1.82) is 0 Å². The average Bonchev–Trinajstić information content (AvgIpc) is 2.47. The van der Waals surface area contributed by atoms with Crippen molar-refractivity contribution < 1.29 is 9.53 Å². The number of rotatable bonds is 5. The Morgan fingerprint density at radius 1 is 1.10 bits per heavy atom. The van der Waals surface area contributed by atoms with Crippen molar-refractivity contribution in [3.05, 3.63) is 60.2 Å². The maximum Gasteiger partial charge on any atom is 0.223 e. The van der Waals surface area contributed by atoms with Crippen LogP contribution in [0.25, 0.3) is 0 Å². The van der Waals surface area contributed by atoms with E-state index in [1.807, 2.05) is 54.6 Å². The van der Waals surface area contributed by atoms with Crippen molar-refractivity contribution in [3.8, 4) is 5.75 Å². The van der Waals surface area contributed by atoms with Crippen molar-refractivity contribution in [3.63, 3.8) is 0 Å². The fourth-order valence-electron chi connectivity index (χ4n) is 1.87. The van der Waals surface area contributed by atoms with Crippen molar-refractivity contribution in [1.82, 2.24) is 0 Å². The molecule has 0 saturated carbocycles. The molecule has 0 bridgehead atoms. The highest BCUT2D eigenvalue weighted by atomic mass is 16.5. The molecule has 0 saturated heterocycles. The zero-order chi connectivity index (χ0) is 14.4. The lowest BCUT2D eigenvalue weighted by molar-refractivity contribution is -0.116. The number of methoxy groups -OCH3 is 1. The van der Waals surface area contributed by atoms with Crippen LogP contribution in [0.2, 0.25) is 0 Å². The molecular formula is C16H16N2O2. The van der Waals surface area contributed by atoms with E-state index < -0.39 is 5.91 Å². The van der Waals surface area contributed by atoms with Gasteiger partial charge in [0.25, 0.3) is 0 Å². The minimum Gasteiger partial charge on any atom is -0.494 e. The summed E-state index contributed by atoms with van der Waals surface area (Å²) in [4.78, 5) is 15.8. The average molecular weight is 268 g/mol. The van der Waals surface area contributed by atoms with E-state index in [2.05, 4.69) is 4.99 Å². The number of ether oxygens (including phenoxy) is 1. The monoisotopic (exact) mass is 268 g/mol. The zero-order valence-electron chi connectivity index (χ0n) is 11.2. The minimum absolute atomic E-state index is 0.0854. The summed E-state index contributed by atoms with van der Waals surface area (Å²) in [6.07, 6.45) is 0.0854. The normalized spacial score (nSPS) is 11.2. The zero-order valence-corrected chi connectivity index (χ0v) is 11.2. The van der Waals surface area contributed by atoms with Crippen LogP contribution >= 0.6 is 0 Å². The Morgan fingerprint density at radius 2 is 1.75 bits per heavy atom. The summed E-state index contributed by atoms with van der Waals surface area (Å²) in [5, 5.41) is 0. The number of aliphatic imine (C=N–C) groups is 1. The first kappa shape index (κ1) is 13.8. The first-order chi connectivity index (χ1) is 9.70. The Hall–Kier alpha value is -2.62. The van der Waals surface area contributed by atoms with Crippen molar-refractivity contribution in [2.24, 2.45) is 10.7 Å². The second kappa shape index (κ2) is 6.52. The van der Waals surface area contributed by atoms with Crippen LogP contribution in [0.3, 0.4) is 0 Å². The van der Waals surface area contributed by atoms with Gasteiger partial charge in [-0.3, -0.25) is 4.79 Å². The number of amides is 1. The minimum atomic E-state index is -0.414. The van der Waals surface area contributed by atoms with Crippen LogP contribution in [0.5, 0.6) is 5.75 Å². The quantitative estimate of drug-likeness (QED) is 0.847. The number of primary amides is 1. The first-order valence-corrected chi connectivity index (χ1v) is 6.25. The lowest BCUT2D eigenvalue weighted by Gasteiger charge is -2.08. The third-order valence-electron chi connectivity index (χ3n) is 2.79. The molecule has 0 atom stereocenters. The standard InChI is InChI=1S/C16H16N2O2/c1-20-15-10-6-5-9-13(15)18-14(11-16(17)19)12-7-3-2-4-8-12/h2-10H,11H2,1H3,(H2,17,19). The van der Waals surface area contributed by atoms with E-state index in [1.54, 1.807) is 7.11 Å². The maximum absolute atomic E-state index is 11.2. The molecule has 0 radical (unpaired) electrons. The van der Waals surface area contributed by atoms with Gasteiger partial charge in [0.15, 0.2) is 0 Å². The largest absolute Gasteiger partial charge is 0.494 e. The lowest BCUT2D eigenvalue weighted by atomic mass is 10.1. The maximum atomic E-state index is 11.2. The summed E-state index contributed by atoms with van der Waals surface area (Å²) >= 11 is 0. The molecule has 1 amide bonds. The molecule has 0 fully saturated rings. The highest BCUT2D eigenvalue weighted by Crippen LogP contribution is 2.27. The number of hydrogen-bond donors (Lipinski definition) is 1. The van der Waals surface area contributed by atoms with Gasteiger partial charge in [0.1, 0.15) is 11.4 Å². The molecular weight excluding hydrogens is 252 g/mol. The van der Waals surface area contributed by atoms with E-state index in [0.717, 1.165) is 5.56 Å². The van der Waals surface area contributed by atoms with Crippen LogP contribution in [0.4, 0.5) is 5.69 Å². The van der Waals surface area contributed by atoms with Gasteiger partial charge >= 0.3 is 0 Å². The van der Waals surface area contributed by atoms with Gasteiger partial charge in [0.2, 0.25) is 5.91 Å². The molecule has 2 aromatic carbocycles. The second-order valence-corrected chi connectivity index (χ2v) is 4.24. The second-order valence-electron chi connectivity index (χ2n) is 4.24. The molecule has 2 N–H and O–H groups in total. The summed E-state index contributed by atoms with van der Waals surface area (Å²) in [5.41, 5.74) is 7.48. The summed E-state index contributed by atoms with van der Waals surface area (Å²) in [6.45, 7) is 0. The van der Waals surface area contributed by atoms with Gasteiger partial charge in [-0.15, -0.1) is 0 Å². The molecule has 20 heavy (non-hydrogen) atoms. The van der Waals surface area contributed by atoms with Gasteiger partial charge in [-0.05, 0) is 17.7 Å². The van der Waals surface area contributed by atoms with E-state index >= 15 is 0 Å². The third-order valence-corrected chi connectivity index (χ3v) is 2.79. The predicted octanol–water partition coefficient (Wildman–Crippen LogP) is 2.69.